The van der Waals surface area contributed by atoms with Crippen LogP contribution in [0.4, 0.5) is 14.5 Å². The smallest absolute Gasteiger partial charge is 0.164 e. The number of para-hydroxylation sites is 1. The fourth-order valence-electron chi connectivity index (χ4n) is 1.82. The van der Waals surface area contributed by atoms with Crippen molar-refractivity contribution < 1.29 is 8.78 Å². The zero-order chi connectivity index (χ0) is 13.8. The van der Waals surface area contributed by atoms with E-state index in [0.717, 1.165) is 16.2 Å². The molecule has 0 spiro atoms. The largest absolute Gasteiger partial charge is 0.376 e. The van der Waals surface area contributed by atoms with E-state index in [-0.39, 0.29) is 12.1 Å². The van der Waals surface area contributed by atoms with Crippen LogP contribution in [-0.4, -0.2) is 6.54 Å². The van der Waals surface area contributed by atoms with E-state index >= 15 is 0 Å². The maximum atomic E-state index is 13.8. The number of rotatable bonds is 4. The van der Waals surface area contributed by atoms with E-state index in [1.807, 2.05) is 24.3 Å². The molecule has 1 atom stereocenters. The fourth-order valence-corrected chi connectivity index (χ4v) is 2.22. The molecule has 0 radical (unpaired) electrons. The zero-order valence-electron chi connectivity index (χ0n) is 10.0. The summed E-state index contributed by atoms with van der Waals surface area (Å²) in [7, 11) is 0. The van der Waals surface area contributed by atoms with Crippen molar-refractivity contribution in [3.05, 3.63) is 64.1 Å². The van der Waals surface area contributed by atoms with Gasteiger partial charge in [-0.3, -0.25) is 0 Å². The normalized spacial score (nSPS) is 12.2. The third-order valence-corrected chi connectivity index (χ3v) is 3.49. The summed E-state index contributed by atoms with van der Waals surface area (Å²) in [5, 5.41) is 3.10. The molecule has 0 aromatic heterocycles. The molecule has 0 saturated heterocycles. The maximum absolute atomic E-state index is 13.8. The molecule has 19 heavy (non-hydrogen) atoms. The van der Waals surface area contributed by atoms with Crippen molar-refractivity contribution in [2.45, 2.75) is 6.04 Å². The summed E-state index contributed by atoms with van der Waals surface area (Å²) in [6.07, 6.45) is 0. The van der Waals surface area contributed by atoms with Crippen molar-refractivity contribution in [3.63, 3.8) is 0 Å². The number of nitrogens with two attached hydrogens (primary N) is 1. The minimum atomic E-state index is -0.870. The zero-order valence-corrected chi connectivity index (χ0v) is 11.6. The van der Waals surface area contributed by atoms with Crippen molar-refractivity contribution in [3.8, 4) is 0 Å². The topological polar surface area (TPSA) is 38.0 Å². The minimum absolute atomic E-state index is 0.154. The van der Waals surface area contributed by atoms with Crippen LogP contribution in [0.15, 0.2) is 46.9 Å². The molecule has 2 aromatic carbocycles. The molecule has 0 amide bonds. The van der Waals surface area contributed by atoms with Gasteiger partial charge in [0.05, 0.1) is 6.04 Å². The van der Waals surface area contributed by atoms with Gasteiger partial charge >= 0.3 is 0 Å². The monoisotopic (exact) mass is 326 g/mol. The van der Waals surface area contributed by atoms with Gasteiger partial charge in [0.2, 0.25) is 0 Å². The summed E-state index contributed by atoms with van der Waals surface area (Å²) in [5.41, 5.74) is 6.65. The van der Waals surface area contributed by atoms with Crippen molar-refractivity contribution in [2.75, 3.05) is 11.9 Å². The summed E-state index contributed by atoms with van der Waals surface area (Å²) in [4.78, 5) is 0. The van der Waals surface area contributed by atoms with Gasteiger partial charge in [0, 0.05) is 22.3 Å². The number of hydrogen-bond acceptors (Lipinski definition) is 2. The van der Waals surface area contributed by atoms with Gasteiger partial charge in [0.25, 0.3) is 0 Å². The Kier molecular flexibility index (Phi) is 4.50. The molecule has 100 valence electrons. The summed E-state index contributed by atoms with van der Waals surface area (Å²) in [5.74, 6) is -1.73. The van der Waals surface area contributed by atoms with Gasteiger partial charge in [-0.25, -0.2) is 8.78 Å². The van der Waals surface area contributed by atoms with Crippen LogP contribution in [-0.2, 0) is 0 Å². The second kappa shape index (κ2) is 6.12. The van der Waals surface area contributed by atoms with Crippen LogP contribution in [0.1, 0.15) is 11.6 Å². The van der Waals surface area contributed by atoms with E-state index < -0.39 is 17.7 Å². The van der Waals surface area contributed by atoms with Gasteiger partial charge in [0.1, 0.15) is 0 Å². The maximum Gasteiger partial charge on any atom is 0.164 e. The molecule has 3 N–H and O–H groups in total. The molecule has 0 fully saturated rings. The fraction of sp³-hybridized carbons (Fsp3) is 0.143. The van der Waals surface area contributed by atoms with Gasteiger partial charge in [0.15, 0.2) is 11.6 Å². The Hall–Kier alpha value is -1.46. The van der Waals surface area contributed by atoms with E-state index in [1.165, 1.54) is 12.1 Å². The second-order valence-electron chi connectivity index (χ2n) is 4.06. The van der Waals surface area contributed by atoms with Crippen LogP contribution in [0.3, 0.4) is 0 Å². The third-order valence-electron chi connectivity index (χ3n) is 2.80. The van der Waals surface area contributed by atoms with Gasteiger partial charge in [-0.2, -0.15) is 0 Å². The summed E-state index contributed by atoms with van der Waals surface area (Å²) >= 11 is 3.39. The average molecular weight is 327 g/mol. The first-order chi connectivity index (χ1) is 9.13. The van der Waals surface area contributed by atoms with Crippen molar-refractivity contribution >= 4 is 21.6 Å². The molecule has 2 rings (SSSR count). The van der Waals surface area contributed by atoms with Crippen molar-refractivity contribution in [1.82, 2.24) is 0 Å². The molecule has 0 saturated carbocycles. The van der Waals surface area contributed by atoms with Crippen LogP contribution < -0.4 is 11.1 Å². The van der Waals surface area contributed by atoms with Crippen LogP contribution in [0.25, 0.3) is 0 Å². The molecule has 0 heterocycles. The van der Waals surface area contributed by atoms with Gasteiger partial charge < -0.3 is 11.1 Å². The SMILES string of the molecule is NCC(Nc1ccccc1Br)c1cccc(F)c1F. The quantitative estimate of drug-likeness (QED) is 0.895. The lowest BCUT2D eigenvalue weighted by atomic mass is 10.1. The lowest BCUT2D eigenvalue weighted by molar-refractivity contribution is 0.492. The average Bonchev–Trinajstić information content (AvgIpc) is 2.41. The molecule has 0 aliphatic rings. The number of benzene rings is 2. The van der Waals surface area contributed by atoms with Crippen LogP contribution in [0.2, 0.25) is 0 Å². The molecular formula is C14H13BrF2N2. The van der Waals surface area contributed by atoms with Gasteiger partial charge in [-0.05, 0) is 34.1 Å². The highest BCUT2D eigenvalue weighted by molar-refractivity contribution is 9.10. The predicted octanol–water partition coefficient (Wildman–Crippen LogP) is 3.84. The first-order valence-corrected chi connectivity index (χ1v) is 6.58. The van der Waals surface area contributed by atoms with Crippen LogP contribution >= 0.6 is 15.9 Å². The lowest BCUT2D eigenvalue weighted by Gasteiger charge is -2.20. The summed E-state index contributed by atoms with van der Waals surface area (Å²) < 4.78 is 27.8. The van der Waals surface area contributed by atoms with Crippen LogP contribution in [0.5, 0.6) is 0 Å². The molecule has 0 bridgehead atoms. The summed E-state index contributed by atoms with van der Waals surface area (Å²) in [6.45, 7) is 0.154. The van der Waals surface area contributed by atoms with E-state index in [1.54, 1.807) is 0 Å². The van der Waals surface area contributed by atoms with Gasteiger partial charge in [-0.15, -0.1) is 0 Å². The Morgan fingerprint density at radius 3 is 2.53 bits per heavy atom. The molecular weight excluding hydrogens is 314 g/mol. The Bertz CT molecular complexity index is 575. The van der Waals surface area contributed by atoms with E-state index in [4.69, 9.17) is 5.73 Å². The molecule has 0 aliphatic heterocycles. The highest BCUT2D eigenvalue weighted by Crippen LogP contribution is 2.27. The number of nitrogens with one attached hydrogen (secondary N) is 1. The highest BCUT2D eigenvalue weighted by atomic mass is 79.9. The van der Waals surface area contributed by atoms with E-state index in [0.29, 0.717) is 0 Å². The van der Waals surface area contributed by atoms with Crippen molar-refractivity contribution in [1.29, 1.82) is 0 Å². The molecule has 1 unspecified atom stereocenters. The third kappa shape index (κ3) is 3.11. The first kappa shape index (κ1) is 14.0. The Labute approximate surface area is 118 Å². The minimum Gasteiger partial charge on any atom is -0.376 e. The second-order valence-corrected chi connectivity index (χ2v) is 4.91. The molecule has 2 aromatic rings. The Morgan fingerprint density at radius 1 is 1.11 bits per heavy atom. The Balaban J connectivity index is 2.31. The van der Waals surface area contributed by atoms with Crippen molar-refractivity contribution in [2.24, 2.45) is 5.73 Å². The van der Waals surface area contributed by atoms with E-state index in [9.17, 15) is 8.78 Å². The number of hydrogen-bond donors (Lipinski definition) is 2. The standard InChI is InChI=1S/C14H13BrF2N2/c15-10-5-1-2-7-12(10)19-13(8-18)9-4-3-6-11(16)14(9)17/h1-7,13,19H,8,18H2. The molecule has 5 heteroatoms. The molecule has 2 nitrogen and oxygen atoms in total. The lowest BCUT2D eigenvalue weighted by Crippen LogP contribution is -2.22. The number of anilines is 1. The first-order valence-electron chi connectivity index (χ1n) is 5.78. The van der Waals surface area contributed by atoms with Gasteiger partial charge in [-0.1, -0.05) is 24.3 Å². The Morgan fingerprint density at radius 2 is 1.84 bits per heavy atom. The molecule has 0 aliphatic carbocycles. The predicted molar refractivity (Wildman–Crippen MR) is 75.9 cm³/mol. The van der Waals surface area contributed by atoms with E-state index in [2.05, 4.69) is 21.2 Å². The number of halogens is 3. The highest BCUT2D eigenvalue weighted by Gasteiger charge is 2.17. The summed E-state index contributed by atoms with van der Waals surface area (Å²) in [6, 6.07) is 11.0. The van der Waals surface area contributed by atoms with Crippen LogP contribution in [0, 0.1) is 11.6 Å².